The number of nitrogens with two attached hydrogens (primary N) is 1. The maximum atomic E-state index is 12.6. The molecule has 0 radical (unpaired) electrons. The summed E-state index contributed by atoms with van der Waals surface area (Å²) in [6.07, 6.45) is 5.87. The lowest BCUT2D eigenvalue weighted by Gasteiger charge is -2.33. The van der Waals surface area contributed by atoms with Gasteiger partial charge in [-0.1, -0.05) is 31.4 Å². The number of hydrogen-bond acceptors (Lipinski definition) is 4. The summed E-state index contributed by atoms with van der Waals surface area (Å²) in [6, 6.07) is 8.18. The number of nitrogens with zero attached hydrogens (tertiary/aromatic N) is 1. The lowest BCUT2D eigenvalue weighted by atomic mass is 9.82. The van der Waals surface area contributed by atoms with Gasteiger partial charge in [0.05, 0.1) is 18.3 Å². The zero-order valence-electron chi connectivity index (χ0n) is 13.9. The number of anilines is 1. The summed E-state index contributed by atoms with van der Waals surface area (Å²) in [5.41, 5.74) is 6.76. The van der Waals surface area contributed by atoms with Gasteiger partial charge in [-0.3, -0.25) is 4.79 Å². The summed E-state index contributed by atoms with van der Waals surface area (Å²) in [5.74, 6) is 0.908. The molecule has 5 nitrogen and oxygen atoms in total. The molecule has 1 saturated carbocycles. The third kappa shape index (κ3) is 3.44. The largest absolute Gasteiger partial charge is 0.495 e. The maximum absolute atomic E-state index is 12.6. The van der Waals surface area contributed by atoms with E-state index in [0.29, 0.717) is 0 Å². The number of ether oxygens (including phenoxy) is 1. The van der Waals surface area contributed by atoms with Crippen molar-refractivity contribution in [3.63, 3.8) is 0 Å². The first-order valence-electron chi connectivity index (χ1n) is 8.60. The third-order valence-electron chi connectivity index (χ3n) is 5.15. The highest BCUT2D eigenvalue weighted by Crippen LogP contribution is 2.31. The zero-order valence-corrected chi connectivity index (χ0v) is 13.9. The van der Waals surface area contributed by atoms with E-state index in [1.165, 1.54) is 6.42 Å². The molecule has 1 saturated heterocycles. The number of para-hydroxylation sites is 2. The highest BCUT2D eigenvalue weighted by atomic mass is 16.5. The van der Waals surface area contributed by atoms with Crippen LogP contribution in [0.5, 0.6) is 5.75 Å². The van der Waals surface area contributed by atoms with Gasteiger partial charge in [-0.05, 0) is 31.4 Å². The van der Waals surface area contributed by atoms with Crippen molar-refractivity contribution >= 4 is 11.6 Å². The van der Waals surface area contributed by atoms with Gasteiger partial charge in [-0.25, -0.2) is 0 Å². The molecule has 2 aliphatic rings. The van der Waals surface area contributed by atoms with Gasteiger partial charge in [0.15, 0.2) is 0 Å². The number of amides is 1. The van der Waals surface area contributed by atoms with Crippen LogP contribution in [-0.2, 0) is 4.79 Å². The van der Waals surface area contributed by atoms with Gasteiger partial charge in [0, 0.05) is 19.1 Å². The average molecular weight is 317 g/mol. The molecule has 23 heavy (non-hydrogen) atoms. The molecular formula is C18H27N3O2. The Labute approximate surface area is 138 Å². The third-order valence-corrected chi connectivity index (χ3v) is 5.15. The Morgan fingerprint density at radius 2 is 2.04 bits per heavy atom. The van der Waals surface area contributed by atoms with Crippen molar-refractivity contribution in [1.29, 1.82) is 0 Å². The van der Waals surface area contributed by atoms with Crippen molar-refractivity contribution < 1.29 is 9.53 Å². The fourth-order valence-corrected chi connectivity index (χ4v) is 3.73. The molecule has 3 N–H and O–H groups in total. The molecule has 1 aliphatic carbocycles. The van der Waals surface area contributed by atoms with E-state index in [1.807, 2.05) is 18.2 Å². The van der Waals surface area contributed by atoms with Gasteiger partial charge in [0.2, 0.25) is 5.91 Å². The Morgan fingerprint density at radius 3 is 2.78 bits per heavy atom. The van der Waals surface area contributed by atoms with Gasteiger partial charge < -0.3 is 20.7 Å². The van der Waals surface area contributed by atoms with Gasteiger partial charge in [-0.15, -0.1) is 0 Å². The smallest absolute Gasteiger partial charge is 0.240 e. The Kier molecular flexibility index (Phi) is 4.76. The summed E-state index contributed by atoms with van der Waals surface area (Å²) >= 11 is 0. The van der Waals surface area contributed by atoms with Crippen LogP contribution in [-0.4, -0.2) is 37.7 Å². The Hall–Kier alpha value is -1.75. The molecule has 0 bridgehead atoms. The van der Waals surface area contributed by atoms with Crippen LogP contribution in [0.2, 0.25) is 0 Å². The summed E-state index contributed by atoms with van der Waals surface area (Å²) in [4.78, 5) is 14.8. The molecule has 5 heteroatoms. The van der Waals surface area contributed by atoms with Crippen LogP contribution in [0.1, 0.15) is 38.5 Å². The van der Waals surface area contributed by atoms with Crippen molar-refractivity contribution in [2.24, 2.45) is 5.73 Å². The summed E-state index contributed by atoms with van der Waals surface area (Å²) in [6.45, 7) is 1.73. The minimum absolute atomic E-state index is 0.0316. The van der Waals surface area contributed by atoms with E-state index >= 15 is 0 Å². The second-order valence-corrected chi connectivity index (χ2v) is 6.79. The van der Waals surface area contributed by atoms with Gasteiger partial charge in [-0.2, -0.15) is 0 Å². The lowest BCUT2D eigenvalue weighted by molar-refractivity contribution is -0.128. The van der Waals surface area contributed by atoms with Crippen molar-refractivity contribution in [1.82, 2.24) is 5.32 Å². The van der Waals surface area contributed by atoms with Crippen LogP contribution in [0, 0.1) is 0 Å². The van der Waals surface area contributed by atoms with Crippen molar-refractivity contribution in [3.8, 4) is 5.75 Å². The molecule has 126 valence electrons. The molecule has 1 aromatic rings. The minimum Gasteiger partial charge on any atom is -0.495 e. The molecule has 0 aromatic heterocycles. The molecule has 1 amide bonds. The number of carbonyl (C=O) groups is 1. The van der Waals surface area contributed by atoms with Gasteiger partial charge in [0.1, 0.15) is 5.75 Å². The number of methoxy groups -OCH3 is 1. The molecule has 1 aliphatic heterocycles. The normalized spacial score (nSPS) is 23.6. The Morgan fingerprint density at radius 1 is 1.30 bits per heavy atom. The number of hydrogen-bond donors (Lipinski definition) is 2. The first kappa shape index (κ1) is 16.1. The predicted molar refractivity (Wildman–Crippen MR) is 91.8 cm³/mol. The number of benzene rings is 1. The molecule has 0 spiro atoms. The van der Waals surface area contributed by atoms with Crippen LogP contribution < -0.4 is 20.7 Å². The van der Waals surface area contributed by atoms with Crippen LogP contribution in [0.15, 0.2) is 24.3 Å². The van der Waals surface area contributed by atoms with E-state index in [0.717, 1.165) is 56.6 Å². The van der Waals surface area contributed by atoms with Crippen LogP contribution in [0.25, 0.3) is 0 Å². The fraction of sp³-hybridized carbons (Fsp3) is 0.611. The molecular weight excluding hydrogens is 290 g/mol. The van der Waals surface area contributed by atoms with Crippen molar-refractivity contribution in [2.45, 2.75) is 50.1 Å². The highest BCUT2D eigenvalue weighted by molar-refractivity contribution is 5.86. The van der Waals surface area contributed by atoms with E-state index in [2.05, 4.69) is 16.3 Å². The standard InChI is InChI=1S/C18H27N3O2/c1-23-16-8-4-3-7-15(16)21-12-9-14(13-21)20-17(22)18(19)10-5-2-6-11-18/h3-4,7-8,14H,2,5-6,9-13,19H2,1H3,(H,20,22). The van der Waals surface area contributed by atoms with E-state index in [-0.39, 0.29) is 11.9 Å². The summed E-state index contributed by atoms with van der Waals surface area (Å²) < 4.78 is 5.44. The van der Waals surface area contributed by atoms with Crippen molar-refractivity contribution in [2.75, 3.05) is 25.1 Å². The van der Waals surface area contributed by atoms with Crippen LogP contribution >= 0.6 is 0 Å². The molecule has 1 heterocycles. The maximum Gasteiger partial charge on any atom is 0.240 e. The summed E-state index contributed by atoms with van der Waals surface area (Å²) in [5, 5.41) is 3.18. The summed E-state index contributed by atoms with van der Waals surface area (Å²) in [7, 11) is 1.69. The average Bonchev–Trinajstić information content (AvgIpc) is 3.04. The molecule has 3 rings (SSSR count). The number of carbonyl (C=O) groups excluding carboxylic acids is 1. The fourth-order valence-electron chi connectivity index (χ4n) is 3.73. The highest BCUT2D eigenvalue weighted by Gasteiger charge is 2.37. The minimum atomic E-state index is -0.657. The first-order chi connectivity index (χ1) is 11.1. The second-order valence-electron chi connectivity index (χ2n) is 6.79. The van der Waals surface area contributed by atoms with E-state index in [4.69, 9.17) is 10.5 Å². The number of nitrogens with one attached hydrogen (secondary N) is 1. The van der Waals surface area contributed by atoms with Gasteiger partial charge in [0.25, 0.3) is 0 Å². The topological polar surface area (TPSA) is 67.6 Å². The molecule has 1 aromatic carbocycles. The van der Waals surface area contributed by atoms with Crippen LogP contribution in [0.4, 0.5) is 5.69 Å². The second kappa shape index (κ2) is 6.79. The van der Waals surface area contributed by atoms with Crippen LogP contribution in [0.3, 0.4) is 0 Å². The lowest BCUT2D eigenvalue weighted by Crippen LogP contribution is -2.57. The quantitative estimate of drug-likeness (QED) is 0.892. The van der Waals surface area contributed by atoms with Gasteiger partial charge >= 0.3 is 0 Å². The number of rotatable bonds is 4. The predicted octanol–water partition coefficient (Wildman–Crippen LogP) is 2.05. The zero-order chi connectivity index (χ0) is 16.3. The van der Waals surface area contributed by atoms with E-state index in [9.17, 15) is 4.79 Å². The van der Waals surface area contributed by atoms with E-state index in [1.54, 1.807) is 7.11 Å². The molecule has 1 atom stereocenters. The molecule has 2 fully saturated rings. The van der Waals surface area contributed by atoms with E-state index < -0.39 is 5.54 Å². The van der Waals surface area contributed by atoms with Crippen molar-refractivity contribution in [3.05, 3.63) is 24.3 Å². The first-order valence-corrected chi connectivity index (χ1v) is 8.60. The SMILES string of the molecule is COc1ccccc1N1CCC(NC(=O)C2(N)CCCCC2)C1. The Balaban J connectivity index is 1.60. The molecule has 1 unspecified atom stereocenters. The Bertz CT molecular complexity index is 555. The monoisotopic (exact) mass is 317 g/mol.